The molecular weight excluding hydrogens is 440 g/mol. The summed E-state index contributed by atoms with van der Waals surface area (Å²) in [5.74, 6) is 0.481. The fraction of sp³-hybridized carbons (Fsp3) is 0.480. The van der Waals surface area contributed by atoms with E-state index in [4.69, 9.17) is 18.9 Å². The number of rotatable bonds is 7. The Labute approximate surface area is 198 Å². The fourth-order valence-electron chi connectivity index (χ4n) is 4.50. The zero-order valence-electron chi connectivity index (χ0n) is 19.8. The van der Waals surface area contributed by atoms with Gasteiger partial charge in [0.25, 0.3) is 5.91 Å². The molecule has 1 saturated heterocycles. The lowest BCUT2D eigenvalue weighted by atomic mass is 9.88. The number of nitrogens with zero attached hydrogens (tertiary/aromatic N) is 1. The summed E-state index contributed by atoms with van der Waals surface area (Å²) in [7, 11) is 1.53. The number of H-pyrrole nitrogens is 1. The number of hydrogen-bond donors (Lipinski definition) is 1. The average molecular weight is 471 g/mol. The van der Waals surface area contributed by atoms with Crippen molar-refractivity contribution < 1.29 is 33.3 Å². The van der Waals surface area contributed by atoms with Crippen LogP contribution in [0, 0.1) is 19.8 Å². The number of aromatic amines is 1. The number of hydrogen-bond acceptors (Lipinski definition) is 7. The van der Waals surface area contributed by atoms with Crippen molar-refractivity contribution in [3.05, 3.63) is 46.3 Å². The monoisotopic (exact) mass is 470 g/mol. The SMILES string of the molecule is COCCOC(=O)c1c(C)[nH]c(C(=O)N2CCC(C(=O)c3ccc4c(c3)OCCO4)CC2)c1C. The summed E-state index contributed by atoms with van der Waals surface area (Å²) in [6.07, 6.45) is 1.15. The van der Waals surface area contributed by atoms with Crippen molar-refractivity contribution in [3.8, 4) is 11.5 Å². The van der Waals surface area contributed by atoms with Crippen molar-refractivity contribution in [2.75, 3.05) is 46.6 Å². The van der Waals surface area contributed by atoms with Gasteiger partial charge in [-0.3, -0.25) is 9.59 Å². The third-order valence-electron chi connectivity index (χ3n) is 6.36. The van der Waals surface area contributed by atoms with Crippen LogP contribution in [0.3, 0.4) is 0 Å². The van der Waals surface area contributed by atoms with E-state index in [-0.39, 0.29) is 24.2 Å². The van der Waals surface area contributed by atoms with Gasteiger partial charge >= 0.3 is 5.97 Å². The molecule has 0 unspecified atom stereocenters. The Morgan fingerprint density at radius 3 is 2.47 bits per heavy atom. The largest absolute Gasteiger partial charge is 0.486 e. The third kappa shape index (κ3) is 4.79. The first-order valence-electron chi connectivity index (χ1n) is 11.5. The molecular formula is C25H30N2O7. The zero-order chi connectivity index (χ0) is 24.2. The van der Waals surface area contributed by atoms with E-state index in [0.29, 0.717) is 85.3 Å². The molecule has 0 bridgehead atoms. The number of methoxy groups -OCH3 is 1. The van der Waals surface area contributed by atoms with E-state index < -0.39 is 5.97 Å². The van der Waals surface area contributed by atoms with Crippen molar-refractivity contribution in [1.82, 2.24) is 9.88 Å². The quantitative estimate of drug-likeness (QED) is 0.377. The molecule has 1 aromatic carbocycles. The molecule has 9 heteroatoms. The van der Waals surface area contributed by atoms with Crippen LogP contribution in [0.15, 0.2) is 18.2 Å². The molecule has 3 heterocycles. The average Bonchev–Trinajstić information content (AvgIpc) is 3.16. The molecule has 34 heavy (non-hydrogen) atoms. The number of ketones is 1. The van der Waals surface area contributed by atoms with Crippen LogP contribution in [0.4, 0.5) is 0 Å². The van der Waals surface area contributed by atoms with Gasteiger partial charge in [0.2, 0.25) is 0 Å². The standard InChI is InChI=1S/C25H30N2O7/c1-15-21(25(30)34-11-10-31-3)16(2)26-22(15)24(29)27-8-6-17(7-9-27)23(28)18-4-5-19-20(14-18)33-13-12-32-19/h4-5,14,17,26H,6-13H2,1-3H3. The van der Waals surface area contributed by atoms with Crippen molar-refractivity contribution in [2.45, 2.75) is 26.7 Å². The van der Waals surface area contributed by atoms with Crippen molar-refractivity contribution in [1.29, 1.82) is 0 Å². The number of amides is 1. The molecule has 0 saturated carbocycles. The Morgan fingerprint density at radius 2 is 1.76 bits per heavy atom. The molecule has 1 N–H and O–H groups in total. The second kappa shape index (κ2) is 10.3. The summed E-state index contributed by atoms with van der Waals surface area (Å²) in [4.78, 5) is 43.5. The van der Waals surface area contributed by atoms with Crippen LogP contribution in [0.5, 0.6) is 11.5 Å². The number of esters is 1. The Bertz CT molecular complexity index is 1080. The van der Waals surface area contributed by atoms with Crippen LogP contribution in [-0.2, 0) is 9.47 Å². The number of piperidine rings is 1. The lowest BCUT2D eigenvalue weighted by molar-refractivity contribution is 0.0386. The summed E-state index contributed by atoms with van der Waals surface area (Å²) in [6.45, 7) is 5.83. The molecule has 182 valence electrons. The number of ether oxygens (including phenoxy) is 4. The number of carbonyl (C=O) groups is 3. The molecule has 0 radical (unpaired) electrons. The number of likely N-dealkylation sites (tertiary alicyclic amines) is 1. The second-order valence-electron chi connectivity index (χ2n) is 8.54. The van der Waals surface area contributed by atoms with Crippen LogP contribution in [-0.4, -0.2) is 74.2 Å². The number of aromatic nitrogens is 1. The number of nitrogens with one attached hydrogen (secondary N) is 1. The lowest BCUT2D eigenvalue weighted by Gasteiger charge is -2.31. The van der Waals surface area contributed by atoms with E-state index in [1.54, 1.807) is 36.9 Å². The minimum absolute atomic E-state index is 0.0528. The van der Waals surface area contributed by atoms with Gasteiger partial charge in [0.1, 0.15) is 25.5 Å². The smallest absolute Gasteiger partial charge is 0.340 e. The van der Waals surface area contributed by atoms with Crippen LogP contribution < -0.4 is 9.47 Å². The van der Waals surface area contributed by atoms with Crippen LogP contribution in [0.2, 0.25) is 0 Å². The molecule has 0 spiro atoms. The summed E-state index contributed by atoms with van der Waals surface area (Å²) in [5.41, 5.74) is 2.52. The third-order valence-corrected chi connectivity index (χ3v) is 6.36. The predicted molar refractivity (Wildman–Crippen MR) is 123 cm³/mol. The second-order valence-corrected chi connectivity index (χ2v) is 8.54. The van der Waals surface area contributed by atoms with Gasteiger partial charge in [0.15, 0.2) is 17.3 Å². The van der Waals surface area contributed by atoms with Gasteiger partial charge in [-0.2, -0.15) is 0 Å². The highest BCUT2D eigenvalue weighted by atomic mass is 16.6. The molecule has 1 amide bonds. The van der Waals surface area contributed by atoms with Crippen molar-refractivity contribution in [2.24, 2.45) is 5.92 Å². The van der Waals surface area contributed by atoms with E-state index in [9.17, 15) is 14.4 Å². The number of carbonyl (C=O) groups excluding carboxylic acids is 3. The van der Waals surface area contributed by atoms with E-state index in [1.165, 1.54) is 7.11 Å². The van der Waals surface area contributed by atoms with Gasteiger partial charge in [-0.15, -0.1) is 0 Å². The van der Waals surface area contributed by atoms with Crippen LogP contribution in [0.25, 0.3) is 0 Å². The maximum Gasteiger partial charge on any atom is 0.340 e. The highest BCUT2D eigenvalue weighted by molar-refractivity contribution is 6.01. The Balaban J connectivity index is 1.39. The Hall–Kier alpha value is -3.33. The maximum absolute atomic E-state index is 13.2. The van der Waals surface area contributed by atoms with Gasteiger partial charge < -0.3 is 28.8 Å². The van der Waals surface area contributed by atoms with E-state index in [2.05, 4.69) is 4.98 Å². The Morgan fingerprint density at radius 1 is 1.06 bits per heavy atom. The van der Waals surface area contributed by atoms with Crippen LogP contribution >= 0.6 is 0 Å². The fourth-order valence-corrected chi connectivity index (χ4v) is 4.50. The highest BCUT2D eigenvalue weighted by Gasteiger charge is 2.31. The number of benzene rings is 1. The minimum atomic E-state index is -0.480. The predicted octanol–water partition coefficient (Wildman–Crippen LogP) is 2.94. The topological polar surface area (TPSA) is 107 Å². The van der Waals surface area contributed by atoms with E-state index in [0.717, 1.165) is 0 Å². The van der Waals surface area contributed by atoms with Gasteiger partial charge in [0, 0.05) is 37.4 Å². The first kappa shape index (κ1) is 23.8. The number of Topliss-reactive ketones (excluding diaryl/α,β-unsaturated/α-hetero) is 1. The van der Waals surface area contributed by atoms with Crippen LogP contribution in [0.1, 0.15) is 55.3 Å². The number of fused-ring (bicyclic) bond motifs is 1. The van der Waals surface area contributed by atoms with Crippen molar-refractivity contribution in [3.63, 3.8) is 0 Å². The lowest BCUT2D eigenvalue weighted by Crippen LogP contribution is -2.40. The van der Waals surface area contributed by atoms with Gasteiger partial charge in [0.05, 0.1) is 12.2 Å². The molecule has 0 atom stereocenters. The first-order valence-corrected chi connectivity index (χ1v) is 11.5. The normalized spacial score (nSPS) is 15.8. The number of aryl methyl sites for hydroxylation is 1. The molecule has 2 aliphatic rings. The molecule has 9 nitrogen and oxygen atoms in total. The maximum atomic E-state index is 13.2. The molecule has 2 aromatic rings. The minimum Gasteiger partial charge on any atom is -0.486 e. The van der Waals surface area contributed by atoms with E-state index >= 15 is 0 Å². The summed E-state index contributed by atoms with van der Waals surface area (Å²) >= 11 is 0. The van der Waals surface area contributed by atoms with Gasteiger partial charge in [-0.25, -0.2) is 4.79 Å². The molecule has 1 fully saturated rings. The van der Waals surface area contributed by atoms with Gasteiger partial charge in [-0.05, 0) is 50.5 Å². The summed E-state index contributed by atoms with van der Waals surface area (Å²) in [5, 5.41) is 0. The van der Waals surface area contributed by atoms with Gasteiger partial charge in [-0.1, -0.05) is 0 Å². The zero-order valence-corrected chi connectivity index (χ0v) is 19.8. The summed E-state index contributed by atoms with van der Waals surface area (Å²) in [6, 6.07) is 5.28. The molecule has 0 aliphatic carbocycles. The molecule has 1 aromatic heterocycles. The molecule has 2 aliphatic heterocycles. The first-order chi connectivity index (χ1) is 16.4. The van der Waals surface area contributed by atoms with Crippen molar-refractivity contribution >= 4 is 17.7 Å². The molecule has 4 rings (SSSR count). The highest BCUT2D eigenvalue weighted by Crippen LogP contribution is 2.33. The summed E-state index contributed by atoms with van der Waals surface area (Å²) < 4.78 is 21.3. The van der Waals surface area contributed by atoms with E-state index in [1.807, 2.05) is 0 Å². The Kier molecular flexibility index (Phi) is 7.21.